The highest BCUT2D eigenvalue weighted by molar-refractivity contribution is 5.94. The number of allylic oxidation sites excluding steroid dienone is 1. The summed E-state index contributed by atoms with van der Waals surface area (Å²) in [5.41, 5.74) is 2.52. The number of carbonyl (C=O) groups excluding carboxylic acids is 3. The van der Waals surface area contributed by atoms with E-state index >= 15 is 0 Å². The maximum Gasteiger partial charge on any atom is 0.338 e. The van der Waals surface area contributed by atoms with Gasteiger partial charge in [-0.1, -0.05) is 11.6 Å². The van der Waals surface area contributed by atoms with E-state index in [1.54, 1.807) is 31.2 Å². The predicted octanol–water partition coefficient (Wildman–Crippen LogP) is 3.61. The SMILES string of the molecule is CCOC(=O)c1ccc(N(CCC(=O)NCCC2=CCCCC2)C(C)=O)cc1. The topological polar surface area (TPSA) is 75.7 Å². The van der Waals surface area contributed by atoms with Crippen molar-refractivity contribution in [3.8, 4) is 0 Å². The molecule has 0 saturated carbocycles. The molecule has 28 heavy (non-hydrogen) atoms. The summed E-state index contributed by atoms with van der Waals surface area (Å²) in [6.07, 6.45) is 8.20. The maximum absolute atomic E-state index is 12.1. The summed E-state index contributed by atoms with van der Waals surface area (Å²) in [6.45, 7) is 4.46. The van der Waals surface area contributed by atoms with E-state index in [2.05, 4.69) is 11.4 Å². The fraction of sp³-hybridized carbons (Fsp3) is 0.500. The van der Waals surface area contributed by atoms with Gasteiger partial charge in [-0.25, -0.2) is 4.79 Å². The van der Waals surface area contributed by atoms with Gasteiger partial charge in [-0.3, -0.25) is 9.59 Å². The zero-order chi connectivity index (χ0) is 20.4. The Labute approximate surface area is 166 Å². The second kappa shape index (κ2) is 11.3. The van der Waals surface area contributed by atoms with Crippen LogP contribution in [0.25, 0.3) is 0 Å². The zero-order valence-corrected chi connectivity index (χ0v) is 16.8. The molecular weight excluding hydrogens is 356 g/mol. The normalized spacial score (nSPS) is 13.4. The van der Waals surface area contributed by atoms with Crippen molar-refractivity contribution in [1.29, 1.82) is 0 Å². The van der Waals surface area contributed by atoms with Gasteiger partial charge < -0.3 is 15.0 Å². The van der Waals surface area contributed by atoms with E-state index in [0.29, 0.717) is 30.9 Å². The minimum atomic E-state index is -0.393. The first-order valence-electron chi connectivity index (χ1n) is 10.0. The molecule has 1 aromatic carbocycles. The lowest BCUT2D eigenvalue weighted by Gasteiger charge is -2.21. The van der Waals surface area contributed by atoms with Gasteiger partial charge in [-0.05, 0) is 63.3 Å². The number of nitrogens with one attached hydrogen (secondary N) is 1. The van der Waals surface area contributed by atoms with Crippen molar-refractivity contribution in [2.75, 3.05) is 24.6 Å². The summed E-state index contributed by atoms with van der Waals surface area (Å²) in [5, 5.41) is 2.93. The molecule has 0 aromatic heterocycles. The predicted molar refractivity (Wildman–Crippen MR) is 109 cm³/mol. The van der Waals surface area contributed by atoms with E-state index < -0.39 is 5.97 Å². The van der Waals surface area contributed by atoms with E-state index in [1.165, 1.54) is 30.2 Å². The Kier molecular flexibility index (Phi) is 8.72. The largest absolute Gasteiger partial charge is 0.462 e. The molecule has 152 valence electrons. The Morgan fingerprint density at radius 2 is 1.89 bits per heavy atom. The van der Waals surface area contributed by atoms with Crippen LogP contribution in [-0.2, 0) is 14.3 Å². The number of ether oxygens (including phenoxy) is 1. The standard InChI is InChI=1S/C22H30N2O4/c1-3-28-22(27)19-9-11-20(12-10-19)24(17(2)25)16-14-21(26)23-15-13-18-7-5-4-6-8-18/h7,9-12H,3-6,8,13-16H2,1-2H3,(H,23,26). The van der Waals surface area contributed by atoms with Crippen LogP contribution in [0.15, 0.2) is 35.9 Å². The zero-order valence-electron chi connectivity index (χ0n) is 16.8. The molecule has 0 bridgehead atoms. The smallest absolute Gasteiger partial charge is 0.338 e. The summed E-state index contributed by atoms with van der Waals surface area (Å²) >= 11 is 0. The monoisotopic (exact) mass is 386 g/mol. The van der Waals surface area contributed by atoms with Crippen molar-refractivity contribution in [3.63, 3.8) is 0 Å². The average Bonchev–Trinajstić information content (AvgIpc) is 2.69. The summed E-state index contributed by atoms with van der Waals surface area (Å²) in [4.78, 5) is 37.4. The van der Waals surface area contributed by atoms with Crippen molar-refractivity contribution in [2.24, 2.45) is 0 Å². The van der Waals surface area contributed by atoms with Crippen LogP contribution in [0.2, 0.25) is 0 Å². The number of hydrogen-bond acceptors (Lipinski definition) is 4. The first kappa shape index (κ1) is 21.7. The first-order valence-corrected chi connectivity index (χ1v) is 10.0. The average molecular weight is 386 g/mol. The third kappa shape index (κ3) is 6.83. The fourth-order valence-corrected chi connectivity index (χ4v) is 3.26. The van der Waals surface area contributed by atoms with Crippen LogP contribution in [0.4, 0.5) is 5.69 Å². The van der Waals surface area contributed by atoms with Gasteiger partial charge in [0, 0.05) is 32.1 Å². The van der Waals surface area contributed by atoms with Crippen LogP contribution < -0.4 is 10.2 Å². The van der Waals surface area contributed by atoms with E-state index in [-0.39, 0.29) is 18.2 Å². The molecule has 1 aliphatic carbocycles. The van der Waals surface area contributed by atoms with E-state index in [4.69, 9.17) is 4.74 Å². The highest BCUT2D eigenvalue weighted by atomic mass is 16.5. The number of esters is 1. The molecule has 1 aliphatic rings. The molecule has 1 aromatic rings. The molecule has 0 saturated heterocycles. The highest BCUT2D eigenvalue weighted by Crippen LogP contribution is 2.19. The minimum absolute atomic E-state index is 0.0641. The molecule has 2 rings (SSSR count). The second-order valence-electron chi connectivity index (χ2n) is 6.90. The Hall–Kier alpha value is -2.63. The second-order valence-corrected chi connectivity index (χ2v) is 6.90. The summed E-state index contributed by atoms with van der Waals surface area (Å²) in [6, 6.07) is 6.64. The molecule has 0 aliphatic heterocycles. The number of nitrogens with zero attached hydrogens (tertiary/aromatic N) is 1. The van der Waals surface area contributed by atoms with Gasteiger partial charge in [0.2, 0.25) is 11.8 Å². The molecule has 0 atom stereocenters. The highest BCUT2D eigenvalue weighted by Gasteiger charge is 2.15. The van der Waals surface area contributed by atoms with Crippen LogP contribution >= 0.6 is 0 Å². The van der Waals surface area contributed by atoms with Crippen LogP contribution in [0, 0.1) is 0 Å². The lowest BCUT2D eigenvalue weighted by molar-refractivity contribution is -0.121. The quantitative estimate of drug-likeness (QED) is 0.520. The lowest BCUT2D eigenvalue weighted by Crippen LogP contribution is -2.34. The molecule has 0 radical (unpaired) electrons. The van der Waals surface area contributed by atoms with Gasteiger partial charge in [-0.15, -0.1) is 0 Å². The molecule has 2 amide bonds. The van der Waals surface area contributed by atoms with Crippen LogP contribution in [0.3, 0.4) is 0 Å². The van der Waals surface area contributed by atoms with Crippen molar-refractivity contribution in [1.82, 2.24) is 5.32 Å². The number of benzene rings is 1. The summed E-state index contributed by atoms with van der Waals surface area (Å²) < 4.78 is 4.96. The molecule has 0 heterocycles. The first-order chi connectivity index (χ1) is 13.5. The Bertz CT molecular complexity index is 710. The van der Waals surface area contributed by atoms with Gasteiger partial charge in [0.1, 0.15) is 0 Å². The van der Waals surface area contributed by atoms with Gasteiger partial charge in [0.15, 0.2) is 0 Å². The van der Waals surface area contributed by atoms with Gasteiger partial charge >= 0.3 is 5.97 Å². The number of anilines is 1. The number of carbonyl (C=O) groups is 3. The molecular formula is C22H30N2O4. The molecule has 6 nitrogen and oxygen atoms in total. The van der Waals surface area contributed by atoms with Crippen molar-refractivity contribution in [3.05, 3.63) is 41.5 Å². The van der Waals surface area contributed by atoms with Crippen molar-refractivity contribution < 1.29 is 19.1 Å². The Balaban J connectivity index is 1.83. The summed E-state index contributed by atoms with van der Waals surface area (Å²) in [7, 11) is 0. The molecule has 0 unspecified atom stereocenters. The molecule has 0 spiro atoms. The third-order valence-electron chi connectivity index (χ3n) is 4.79. The van der Waals surface area contributed by atoms with Crippen LogP contribution in [-0.4, -0.2) is 37.5 Å². The lowest BCUT2D eigenvalue weighted by atomic mass is 9.97. The van der Waals surface area contributed by atoms with Crippen LogP contribution in [0.5, 0.6) is 0 Å². The number of hydrogen-bond donors (Lipinski definition) is 1. The number of amides is 2. The van der Waals surface area contributed by atoms with Crippen molar-refractivity contribution >= 4 is 23.5 Å². The van der Waals surface area contributed by atoms with E-state index in [0.717, 1.165) is 19.3 Å². The van der Waals surface area contributed by atoms with Crippen LogP contribution in [0.1, 0.15) is 62.7 Å². The third-order valence-corrected chi connectivity index (χ3v) is 4.79. The molecule has 1 N–H and O–H groups in total. The maximum atomic E-state index is 12.1. The van der Waals surface area contributed by atoms with Gasteiger partial charge in [0.25, 0.3) is 0 Å². The van der Waals surface area contributed by atoms with E-state index in [9.17, 15) is 14.4 Å². The Morgan fingerprint density at radius 1 is 1.14 bits per heavy atom. The molecule has 0 fully saturated rings. The fourth-order valence-electron chi connectivity index (χ4n) is 3.26. The summed E-state index contributed by atoms with van der Waals surface area (Å²) in [5.74, 6) is -0.606. The Morgan fingerprint density at radius 3 is 2.50 bits per heavy atom. The van der Waals surface area contributed by atoms with Gasteiger partial charge in [-0.2, -0.15) is 0 Å². The van der Waals surface area contributed by atoms with E-state index in [1.807, 2.05) is 0 Å². The number of rotatable bonds is 9. The minimum Gasteiger partial charge on any atom is -0.462 e. The van der Waals surface area contributed by atoms with Gasteiger partial charge in [0.05, 0.1) is 12.2 Å². The van der Waals surface area contributed by atoms with Crippen molar-refractivity contribution in [2.45, 2.75) is 52.4 Å². The molecule has 6 heteroatoms.